The molecule has 10 heteroatoms. The molecule has 7 rings (SSSR count). The predicted molar refractivity (Wildman–Crippen MR) is 173 cm³/mol. The summed E-state index contributed by atoms with van der Waals surface area (Å²) in [5, 5.41) is 0. The lowest BCUT2D eigenvalue weighted by atomic mass is 9.99. The van der Waals surface area contributed by atoms with Gasteiger partial charge >= 0.3 is 0 Å². The SMILES string of the molecule is CC1(C)O[C@H]2[C@@H](O1)[C@@H](CO[C@@H]1OC[C@@H](OCc3ccccc3)[C@H](OCc3ccccc3)[C@H]1OCc1ccccc1)O[C@@H]1OC(C)(C)O[C@@H]12. The van der Waals surface area contributed by atoms with Gasteiger partial charge in [-0.1, -0.05) is 91.0 Å². The van der Waals surface area contributed by atoms with Gasteiger partial charge in [0.15, 0.2) is 24.2 Å². The second-order valence-corrected chi connectivity index (χ2v) is 13.6. The molecule has 258 valence electrons. The zero-order valence-corrected chi connectivity index (χ0v) is 28.0. The van der Waals surface area contributed by atoms with E-state index in [0.29, 0.717) is 19.8 Å². The molecule has 0 amide bonds. The van der Waals surface area contributed by atoms with Gasteiger partial charge in [0.05, 0.1) is 33.0 Å². The van der Waals surface area contributed by atoms with E-state index in [1.165, 1.54) is 0 Å². The zero-order valence-electron chi connectivity index (χ0n) is 28.0. The molecule has 0 N–H and O–H groups in total. The van der Waals surface area contributed by atoms with Gasteiger partial charge in [0, 0.05) is 0 Å². The Bertz CT molecular complexity index is 1440. The summed E-state index contributed by atoms with van der Waals surface area (Å²) in [6.45, 7) is 9.03. The molecule has 48 heavy (non-hydrogen) atoms. The zero-order chi connectivity index (χ0) is 33.1. The first-order chi connectivity index (χ1) is 23.2. The van der Waals surface area contributed by atoms with E-state index >= 15 is 0 Å². The lowest BCUT2D eigenvalue weighted by molar-refractivity contribution is -0.313. The van der Waals surface area contributed by atoms with Crippen LogP contribution in [0.25, 0.3) is 0 Å². The minimum Gasteiger partial charge on any atom is -0.368 e. The maximum absolute atomic E-state index is 6.65. The first-order valence-corrected chi connectivity index (χ1v) is 16.8. The van der Waals surface area contributed by atoms with Gasteiger partial charge in [-0.25, -0.2) is 0 Å². The monoisotopic (exact) mass is 662 g/mol. The summed E-state index contributed by atoms with van der Waals surface area (Å²) in [6.07, 6.45) is -4.69. The Hall–Kier alpha value is -2.74. The fourth-order valence-electron chi connectivity index (χ4n) is 6.74. The number of benzene rings is 3. The maximum Gasteiger partial charge on any atom is 0.190 e. The second kappa shape index (κ2) is 14.6. The van der Waals surface area contributed by atoms with Crippen LogP contribution in [0, 0.1) is 0 Å². The highest BCUT2D eigenvalue weighted by molar-refractivity contribution is 5.15. The number of ether oxygens (including phenoxy) is 10. The third-order valence-electron chi connectivity index (χ3n) is 8.94. The molecule has 0 aliphatic carbocycles. The molecule has 9 atom stereocenters. The van der Waals surface area contributed by atoms with Gasteiger partial charge in [-0.3, -0.25) is 0 Å². The molecule has 0 spiro atoms. The van der Waals surface area contributed by atoms with E-state index < -0.39 is 60.8 Å². The van der Waals surface area contributed by atoms with Crippen molar-refractivity contribution in [1.82, 2.24) is 0 Å². The van der Waals surface area contributed by atoms with Crippen LogP contribution in [0.2, 0.25) is 0 Å². The molecular weight excluding hydrogens is 616 g/mol. The van der Waals surface area contributed by atoms with Gasteiger partial charge in [0.25, 0.3) is 0 Å². The van der Waals surface area contributed by atoms with Crippen LogP contribution >= 0.6 is 0 Å². The van der Waals surface area contributed by atoms with E-state index in [-0.39, 0.29) is 19.3 Å². The van der Waals surface area contributed by atoms with Crippen molar-refractivity contribution in [1.29, 1.82) is 0 Å². The molecule has 3 aromatic carbocycles. The summed E-state index contributed by atoms with van der Waals surface area (Å²) < 4.78 is 64.0. The molecule has 0 bridgehead atoms. The van der Waals surface area contributed by atoms with E-state index in [1.54, 1.807) is 0 Å². The van der Waals surface area contributed by atoms with Gasteiger partial charge in [0.2, 0.25) is 0 Å². The van der Waals surface area contributed by atoms with Gasteiger partial charge in [-0.05, 0) is 44.4 Å². The van der Waals surface area contributed by atoms with Crippen LogP contribution < -0.4 is 0 Å². The van der Waals surface area contributed by atoms with E-state index in [9.17, 15) is 0 Å². The summed E-state index contributed by atoms with van der Waals surface area (Å²) in [5.41, 5.74) is 3.13. The fraction of sp³-hybridized carbons (Fsp3) is 0.526. The average molecular weight is 663 g/mol. The Labute approximate surface area is 282 Å². The minimum atomic E-state index is -0.815. The van der Waals surface area contributed by atoms with Crippen molar-refractivity contribution < 1.29 is 47.4 Å². The molecule has 3 aromatic rings. The lowest BCUT2D eigenvalue weighted by Crippen LogP contribution is -2.59. The second-order valence-electron chi connectivity index (χ2n) is 13.6. The van der Waals surface area contributed by atoms with E-state index in [2.05, 4.69) is 0 Å². The van der Waals surface area contributed by atoms with Crippen LogP contribution in [-0.2, 0) is 67.2 Å². The lowest BCUT2D eigenvalue weighted by Gasteiger charge is -2.43. The summed E-state index contributed by atoms with van der Waals surface area (Å²) in [5.74, 6) is -1.63. The Balaban J connectivity index is 1.11. The van der Waals surface area contributed by atoms with Crippen molar-refractivity contribution >= 4 is 0 Å². The molecule has 0 aromatic heterocycles. The Morgan fingerprint density at radius 1 is 0.562 bits per heavy atom. The summed E-state index contributed by atoms with van der Waals surface area (Å²) in [7, 11) is 0. The maximum atomic E-state index is 6.65. The number of fused-ring (bicyclic) bond motifs is 3. The molecule has 0 radical (unpaired) electrons. The number of rotatable bonds is 12. The molecule has 4 heterocycles. The van der Waals surface area contributed by atoms with Crippen LogP contribution in [0.3, 0.4) is 0 Å². The molecule has 4 aliphatic rings. The third-order valence-corrected chi connectivity index (χ3v) is 8.94. The first-order valence-electron chi connectivity index (χ1n) is 16.8. The summed E-state index contributed by atoms with van der Waals surface area (Å²) >= 11 is 0. The van der Waals surface area contributed by atoms with Crippen molar-refractivity contribution in [3.05, 3.63) is 108 Å². The minimum absolute atomic E-state index is 0.143. The van der Waals surface area contributed by atoms with Crippen LogP contribution in [0.5, 0.6) is 0 Å². The largest absolute Gasteiger partial charge is 0.368 e. The number of hydrogen-bond acceptors (Lipinski definition) is 10. The summed E-state index contributed by atoms with van der Waals surface area (Å²) in [6, 6.07) is 30.2. The van der Waals surface area contributed by atoms with Crippen LogP contribution in [-0.4, -0.2) is 80.1 Å². The van der Waals surface area contributed by atoms with E-state index in [1.807, 2.05) is 119 Å². The molecule has 4 saturated heterocycles. The number of hydrogen-bond donors (Lipinski definition) is 0. The van der Waals surface area contributed by atoms with Gasteiger partial charge in [-0.15, -0.1) is 0 Å². The van der Waals surface area contributed by atoms with Crippen molar-refractivity contribution in [3.63, 3.8) is 0 Å². The van der Waals surface area contributed by atoms with Crippen LogP contribution in [0.1, 0.15) is 44.4 Å². The standard InChI is InChI=1S/C38H46O10/c1-37(2)45-31-29(44-36-34(32(31)46-37)47-38(3,4)48-36)24-43-35-33(41-22-27-18-12-7-13-19-27)30(40-21-26-16-10-6-11-17-26)28(23-42-35)39-20-25-14-8-5-9-15-25/h5-19,28-36H,20-24H2,1-4H3/t28-,29-,30+,31+,32+,33-,34-,35+,36-/m1/s1. The Morgan fingerprint density at radius 3 is 1.67 bits per heavy atom. The van der Waals surface area contributed by atoms with E-state index in [4.69, 9.17) is 47.4 Å². The van der Waals surface area contributed by atoms with Crippen LogP contribution in [0.15, 0.2) is 91.0 Å². The third kappa shape index (κ3) is 8.00. The van der Waals surface area contributed by atoms with Gasteiger partial charge in [0.1, 0.15) is 42.7 Å². The van der Waals surface area contributed by atoms with Crippen molar-refractivity contribution in [2.24, 2.45) is 0 Å². The first kappa shape index (κ1) is 33.7. The fourth-order valence-corrected chi connectivity index (χ4v) is 6.74. The normalized spacial score (nSPS) is 33.6. The molecule has 4 fully saturated rings. The highest BCUT2D eigenvalue weighted by Gasteiger charge is 2.61. The average Bonchev–Trinajstić information content (AvgIpc) is 3.59. The van der Waals surface area contributed by atoms with Gasteiger partial charge < -0.3 is 47.4 Å². The summed E-state index contributed by atoms with van der Waals surface area (Å²) in [4.78, 5) is 0. The van der Waals surface area contributed by atoms with Crippen molar-refractivity contribution in [2.45, 2.75) is 114 Å². The highest BCUT2D eigenvalue weighted by atomic mass is 16.9. The molecule has 0 unspecified atom stereocenters. The molecule has 10 nitrogen and oxygen atoms in total. The molecule has 4 aliphatic heterocycles. The Kier molecular flexibility index (Phi) is 10.3. The highest BCUT2D eigenvalue weighted by Crippen LogP contribution is 2.44. The van der Waals surface area contributed by atoms with Crippen LogP contribution in [0.4, 0.5) is 0 Å². The van der Waals surface area contributed by atoms with Crippen molar-refractivity contribution in [2.75, 3.05) is 13.2 Å². The molecule has 0 saturated carbocycles. The smallest absolute Gasteiger partial charge is 0.190 e. The molecular formula is C38H46O10. The van der Waals surface area contributed by atoms with E-state index in [0.717, 1.165) is 16.7 Å². The Morgan fingerprint density at radius 2 is 1.06 bits per heavy atom. The van der Waals surface area contributed by atoms with Gasteiger partial charge in [-0.2, -0.15) is 0 Å². The quantitative estimate of drug-likeness (QED) is 0.247. The van der Waals surface area contributed by atoms with Crippen molar-refractivity contribution in [3.8, 4) is 0 Å². The predicted octanol–water partition coefficient (Wildman–Crippen LogP) is 5.51. The topological polar surface area (TPSA) is 92.3 Å².